The molecule has 0 saturated heterocycles. The lowest BCUT2D eigenvalue weighted by atomic mass is 9.66. The highest BCUT2D eigenvalue weighted by Gasteiger charge is 2.65. The number of aromatic nitrogens is 6. The fourth-order valence-electron chi connectivity index (χ4n) is 6.27. The summed E-state index contributed by atoms with van der Waals surface area (Å²) in [5, 5.41) is 8.84. The number of fused-ring (bicyclic) bond motifs is 5. The first-order valence-electron chi connectivity index (χ1n) is 12.2. The standard InChI is InChI=1S/C27H24F2N6O2S/c1-26(2)17-7-9-27(26,24-16(17)11-20(34-35-24)23-18(28)5-4-6-19(23)29)21-8-10-30-25(33-21)15-12-31-22(32-13-15)14-38(3,36)37/h4-6,8,10-13,17H,7,9,14H2,1-3H3/t17-,27-/m0/s1. The average molecular weight is 535 g/mol. The van der Waals surface area contributed by atoms with E-state index in [1.165, 1.54) is 30.6 Å². The Balaban J connectivity index is 1.43. The molecule has 1 fully saturated rings. The number of nitrogens with zero attached hydrogens (tertiary/aromatic N) is 6. The van der Waals surface area contributed by atoms with Gasteiger partial charge < -0.3 is 0 Å². The van der Waals surface area contributed by atoms with Gasteiger partial charge in [0.05, 0.1) is 33.6 Å². The molecule has 11 heteroatoms. The number of halogens is 2. The molecule has 2 bridgehead atoms. The minimum Gasteiger partial charge on any atom is -0.240 e. The molecule has 38 heavy (non-hydrogen) atoms. The molecule has 6 rings (SSSR count). The second kappa shape index (κ2) is 8.39. The van der Waals surface area contributed by atoms with Crippen molar-refractivity contribution in [3.8, 4) is 22.6 Å². The first-order valence-corrected chi connectivity index (χ1v) is 14.2. The molecular formula is C27H24F2N6O2S. The molecule has 2 atom stereocenters. The van der Waals surface area contributed by atoms with E-state index in [9.17, 15) is 17.2 Å². The quantitative estimate of drug-likeness (QED) is 0.370. The Labute approximate surface area is 218 Å². The van der Waals surface area contributed by atoms with E-state index in [0.717, 1.165) is 36.0 Å². The van der Waals surface area contributed by atoms with Gasteiger partial charge in [-0.25, -0.2) is 37.1 Å². The Kier molecular flexibility index (Phi) is 5.43. The van der Waals surface area contributed by atoms with Crippen LogP contribution in [0.3, 0.4) is 0 Å². The third kappa shape index (κ3) is 3.63. The highest BCUT2D eigenvalue weighted by Crippen LogP contribution is 2.69. The topological polar surface area (TPSA) is 111 Å². The Bertz CT molecular complexity index is 1670. The predicted molar refractivity (Wildman–Crippen MR) is 136 cm³/mol. The summed E-state index contributed by atoms with van der Waals surface area (Å²) in [6, 6.07) is 7.39. The van der Waals surface area contributed by atoms with Crippen LogP contribution in [0.4, 0.5) is 8.78 Å². The van der Waals surface area contributed by atoms with Crippen LogP contribution in [-0.4, -0.2) is 44.8 Å². The summed E-state index contributed by atoms with van der Waals surface area (Å²) in [5.74, 6) is -0.885. The van der Waals surface area contributed by atoms with Gasteiger partial charge in [-0.2, -0.15) is 5.10 Å². The highest BCUT2D eigenvalue weighted by molar-refractivity contribution is 7.89. The molecule has 2 aliphatic carbocycles. The lowest BCUT2D eigenvalue weighted by molar-refractivity contribution is 0.243. The van der Waals surface area contributed by atoms with E-state index in [0.29, 0.717) is 11.4 Å². The van der Waals surface area contributed by atoms with Gasteiger partial charge in [-0.15, -0.1) is 5.10 Å². The lowest BCUT2D eigenvalue weighted by Crippen LogP contribution is -2.38. The third-order valence-electron chi connectivity index (χ3n) is 8.05. The van der Waals surface area contributed by atoms with Gasteiger partial charge in [0.2, 0.25) is 0 Å². The Hall–Kier alpha value is -3.73. The molecule has 194 valence electrons. The predicted octanol–water partition coefficient (Wildman–Crippen LogP) is 4.42. The van der Waals surface area contributed by atoms with E-state index in [1.54, 1.807) is 12.3 Å². The lowest BCUT2D eigenvalue weighted by Gasteiger charge is -2.37. The van der Waals surface area contributed by atoms with Crippen LogP contribution >= 0.6 is 0 Å². The SMILES string of the molecule is CC1(C)[C@H]2CC[C@]1(c1ccnc(-c3cnc(CS(C)(=O)=O)nc3)n1)c1nnc(-c3c(F)cccc3F)cc12. The fraction of sp³-hybridized carbons (Fsp3) is 0.333. The Morgan fingerprint density at radius 1 is 1.03 bits per heavy atom. The third-order valence-corrected chi connectivity index (χ3v) is 8.83. The Morgan fingerprint density at radius 2 is 1.74 bits per heavy atom. The first-order chi connectivity index (χ1) is 18.0. The van der Waals surface area contributed by atoms with Gasteiger partial charge in [0.25, 0.3) is 0 Å². The van der Waals surface area contributed by atoms with Gasteiger partial charge >= 0.3 is 0 Å². The normalized spacial score (nSPS) is 21.4. The zero-order chi connectivity index (χ0) is 26.9. The summed E-state index contributed by atoms with van der Waals surface area (Å²) in [5.41, 5.74) is 2.16. The second-order valence-electron chi connectivity index (χ2n) is 10.6. The van der Waals surface area contributed by atoms with Crippen LogP contribution in [-0.2, 0) is 21.0 Å². The molecule has 8 nitrogen and oxygen atoms in total. The van der Waals surface area contributed by atoms with Crippen molar-refractivity contribution in [2.45, 2.75) is 43.8 Å². The van der Waals surface area contributed by atoms with Crippen LogP contribution in [0.2, 0.25) is 0 Å². The zero-order valence-electron chi connectivity index (χ0n) is 21.0. The van der Waals surface area contributed by atoms with E-state index < -0.39 is 26.9 Å². The van der Waals surface area contributed by atoms with Gasteiger partial charge in [0.15, 0.2) is 15.7 Å². The molecule has 0 N–H and O–H groups in total. The summed E-state index contributed by atoms with van der Waals surface area (Å²) in [6.07, 6.45) is 7.50. The summed E-state index contributed by atoms with van der Waals surface area (Å²) in [6.45, 7) is 4.33. The number of sulfone groups is 1. The van der Waals surface area contributed by atoms with Crippen LogP contribution in [0.15, 0.2) is 48.9 Å². The largest absolute Gasteiger partial charge is 0.240 e. The molecule has 1 saturated carbocycles. The number of hydrogen-bond acceptors (Lipinski definition) is 8. The summed E-state index contributed by atoms with van der Waals surface area (Å²) >= 11 is 0. The highest BCUT2D eigenvalue weighted by atomic mass is 32.2. The van der Waals surface area contributed by atoms with Crippen molar-refractivity contribution in [3.63, 3.8) is 0 Å². The maximum Gasteiger partial charge on any atom is 0.162 e. The summed E-state index contributed by atoms with van der Waals surface area (Å²) < 4.78 is 52.2. The summed E-state index contributed by atoms with van der Waals surface area (Å²) in [7, 11) is -3.26. The van der Waals surface area contributed by atoms with Gasteiger partial charge in [-0.05, 0) is 54.0 Å². The smallest absolute Gasteiger partial charge is 0.162 e. The van der Waals surface area contributed by atoms with Gasteiger partial charge in [-0.1, -0.05) is 19.9 Å². The second-order valence-corrected chi connectivity index (χ2v) is 12.7. The van der Waals surface area contributed by atoms with Crippen molar-refractivity contribution < 1.29 is 17.2 Å². The monoisotopic (exact) mass is 534 g/mol. The van der Waals surface area contributed by atoms with Crippen LogP contribution in [0.25, 0.3) is 22.6 Å². The molecule has 0 spiro atoms. The van der Waals surface area contributed by atoms with Crippen LogP contribution in [0.5, 0.6) is 0 Å². The molecule has 0 unspecified atom stereocenters. The van der Waals surface area contributed by atoms with Gasteiger partial charge in [-0.3, -0.25) is 0 Å². The zero-order valence-corrected chi connectivity index (χ0v) is 21.8. The van der Waals surface area contributed by atoms with Crippen LogP contribution in [0, 0.1) is 17.0 Å². The van der Waals surface area contributed by atoms with Crippen molar-refractivity contribution in [1.82, 2.24) is 30.1 Å². The van der Waals surface area contributed by atoms with Crippen molar-refractivity contribution in [2.75, 3.05) is 6.26 Å². The van der Waals surface area contributed by atoms with Crippen molar-refractivity contribution >= 4 is 9.84 Å². The molecule has 0 aliphatic heterocycles. The van der Waals surface area contributed by atoms with E-state index in [-0.39, 0.29) is 34.2 Å². The number of benzene rings is 1. The molecule has 0 amide bonds. The molecule has 2 aliphatic rings. The minimum atomic E-state index is -3.26. The fourth-order valence-corrected chi connectivity index (χ4v) is 6.89. The van der Waals surface area contributed by atoms with Gasteiger partial charge in [0, 0.05) is 24.8 Å². The maximum atomic E-state index is 14.5. The molecular weight excluding hydrogens is 510 g/mol. The van der Waals surface area contributed by atoms with E-state index in [1.807, 2.05) is 6.07 Å². The molecule has 4 aromatic rings. The molecule has 3 heterocycles. The van der Waals surface area contributed by atoms with E-state index in [2.05, 4.69) is 39.0 Å². The van der Waals surface area contributed by atoms with Gasteiger partial charge in [0.1, 0.15) is 23.2 Å². The number of hydrogen-bond donors (Lipinski definition) is 0. The van der Waals surface area contributed by atoms with E-state index >= 15 is 0 Å². The van der Waals surface area contributed by atoms with Crippen LogP contribution < -0.4 is 0 Å². The minimum absolute atomic E-state index is 0.110. The Morgan fingerprint density at radius 3 is 2.42 bits per heavy atom. The molecule has 3 aromatic heterocycles. The average Bonchev–Trinajstić information content (AvgIpc) is 3.24. The maximum absolute atomic E-state index is 14.5. The molecule has 1 aromatic carbocycles. The number of rotatable bonds is 5. The van der Waals surface area contributed by atoms with Crippen molar-refractivity contribution in [2.24, 2.45) is 5.41 Å². The molecule has 0 radical (unpaired) electrons. The first kappa shape index (κ1) is 24.6. The summed E-state index contributed by atoms with van der Waals surface area (Å²) in [4.78, 5) is 17.7. The van der Waals surface area contributed by atoms with Crippen molar-refractivity contribution in [3.05, 3.63) is 83.3 Å². The van der Waals surface area contributed by atoms with Crippen molar-refractivity contribution in [1.29, 1.82) is 0 Å². The van der Waals surface area contributed by atoms with Crippen LogP contribution in [0.1, 0.15) is 55.4 Å². The van der Waals surface area contributed by atoms with E-state index in [4.69, 9.17) is 4.98 Å².